The van der Waals surface area contributed by atoms with E-state index in [9.17, 15) is 18.8 Å². The molecule has 3 amide bonds. The number of carbonyl (C=O) groups excluding carboxylic acids is 3. The van der Waals surface area contributed by atoms with Gasteiger partial charge in [-0.1, -0.05) is 11.6 Å². The zero-order chi connectivity index (χ0) is 17.3. The van der Waals surface area contributed by atoms with Gasteiger partial charge in [-0.2, -0.15) is 0 Å². The van der Waals surface area contributed by atoms with E-state index in [1.165, 1.54) is 36.4 Å². The van der Waals surface area contributed by atoms with Gasteiger partial charge >= 0.3 is 0 Å². The summed E-state index contributed by atoms with van der Waals surface area (Å²) in [6.45, 7) is 0.131. The molecule has 0 saturated heterocycles. The Bertz CT molecular complexity index is 836. The van der Waals surface area contributed by atoms with Crippen molar-refractivity contribution in [3.63, 3.8) is 0 Å². The number of rotatable bonds is 4. The number of hydrogen-bond acceptors (Lipinski definition) is 3. The van der Waals surface area contributed by atoms with Gasteiger partial charge in [0.05, 0.1) is 11.1 Å². The van der Waals surface area contributed by atoms with Crippen LogP contribution in [0.2, 0.25) is 5.02 Å². The normalized spacial score (nSPS) is 13.2. The monoisotopic (exact) mass is 346 g/mol. The third-order valence-corrected chi connectivity index (χ3v) is 3.90. The van der Waals surface area contributed by atoms with E-state index in [-0.39, 0.29) is 18.7 Å². The molecule has 0 spiro atoms. The Labute approximate surface area is 142 Å². The number of halogens is 2. The highest BCUT2D eigenvalue weighted by Crippen LogP contribution is 2.25. The van der Waals surface area contributed by atoms with E-state index in [4.69, 9.17) is 11.6 Å². The summed E-state index contributed by atoms with van der Waals surface area (Å²) in [6, 6.07) is 9.59. The van der Waals surface area contributed by atoms with Crippen LogP contribution < -0.4 is 5.32 Å². The number of fused-ring (bicyclic) bond motifs is 1. The van der Waals surface area contributed by atoms with Gasteiger partial charge in [0.25, 0.3) is 17.7 Å². The van der Waals surface area contributed by atoms with E-state index in [1.807, 2.05) is 0 Å². The van der Waals surface area contributed by atoms with Crippen molar-refractivity contribution >= 4 is 29.3 Å². The molecule has 7 heteroatoms. The maximum absolute atomic E-state index is 12.8. The molecule has 0 fully saturated rings. The molecule has 0 radical (unpaired) electrons. The molecule has 0 saturated carbocycles. The summed E-state index contributed by atoms with van der Waals surface area (Å²) in [5, 5.41) is 2.97. The average molecular weight is 347 g/mol. The Balaban J connectivity index is 1.62. The fourth-order valence-corrected chi connectivity index (χ4v) is 2.62. The third-order valence-electron chi connectivity index (χ3n) is 3.66. The van der Waals surface area contributed by atoms with Crippen LogP contribution in [0.1, 0.15) is 31.1 Å². The largest absolute Gasteiger partial charge is 0.350 e. The summed E-state index contributed by atoms with van der Waals surface area (Å²) < 4.78 is 12.8. The molecule has 24 heavy (non-hydrogen) atoms. The molecule has 0 aliphatic carbocycles. The molecular weight excluding hydrogens is 335 g/mol. The molecule has 3 rings (SSSR count). The minimum Gasteiger partial charge on any atom is -0.350 e. The van der Waals surface area contributed by atoms with Crippen LogP contribution in [0.3, 0.4) is 0 Å². The minimum atomic E-state index is -0.437. The molecule has 1 heterocycles. The van der Waals surface area contributed by atoms with Gasteiger partial charge in [-0.3, -0.25) is 19.3 Å². The molecule has 0 bridgehead atoms. The van der Waals surface area contributed by atoms with Crippen LogP contribution in [0.5, 0.6) is 0 Å². The van der Waals surface area contributed by atoms with Crippen molar-refractivity contribution in [2.75, 3.05) is 13.1 Å². The fraction of sp³-hybridized carbons (Fsp3) is 0.118. The van der Waals surface area contributed by atoms with Gasteiger partial charge in [0, 0.05) is 23.7 Å². The first-order valence-corrected chi connectivity index (χ1v) is 7.54. The van der Waals surface area contributed by atoms with Crippen molar-refractivity contribution < 1.29 is 18.8 Å². The summed E-state index contributed by atoms with van der Waals surface area (Å²) in [5.74, 6) is -1.69. The topological polar surface area (TPSA) is 66.5 Å². The second-order valence-electron chi connectivity index (χ2n) is 5.21. The smallest absolute Gasteiger partial charge is 0.261 e. The van der Waals surface area contributed by atoms with E-state index in [0.717, 1.165) is 4.90 Å². The summed E-state index contributed by atoms with van der Waals surface area (Å²) >= 11 is 5.84. The standard InChI is InChI=1S/C17H12ClFN2O3/c18-11-3-6-13-14(9-11)17(24)21(16(13)23)8-7-20-15(22)10-1-4-12(19)5-2-10/h1-6,9H,7-8H2,(H,20,22). The summed E-state index contributed by atoms with van der Waals surface area (Å²) in [6.07, 6.45) is 0. The van der Waals surface area contributed by atoms with Crippen molar-refractivity contribution in [3.05, 3.63) is 70.0 Å². The first-order chi connectivity index (χ1) is 11.5. The second kappa shape index (κ2) is 6.41. The van der Waals surface area contributed by atoms with Crippen molar-refractivity contribution in [3.8, 4) is 0 Å². The maximum atomic E-state index is 12.8. The van der Waals surface area contributed by atoms with Crippen LogP contribution in [0.4, 0.5) is 4.39 Å². The van der Waals surface area contributed by atoms with Crippen LogP contribution in [-0.4, -0.2) is 35.7 Å². The quantitative estimate of drug-likeness (QED) is 0.865. The van der Waals surface area contributed by atoms with E-state index < -0.39 is 23.5 Å². The van der Waals surface area contributed by atoms with Crippen molar-refractivity contribution in [1.82, 2.24) is 10.2 Å². The predicted molar refractivity (Wildman–Crippen MR) is 85.6 cm³/mol. The first kappa shape index (κ1) is 16.1. The van der Waals surface area contributed by atoms with Gasteiger partial charge in [-0.25, -0.2) is 4.39 Å². The Morgan fingerprint density at radius 1 is 1.04 bits per heavy atom. The van der Waals surface area contributed by atoms with Crippen molar-refractivity contribution in [2.45, 2.75) is 0 Å². The number of imide groups is 1. The molecule has 1 aliphatic rings. The predicted octanol–water partition coefficient (Wildman–Crippen LogP) is 2.51. The van der Waals surface area contributed by atoms with Crippen molar-refractivity contribution in [2.24, 2.45) is 0 Å². The number of hydrogen-bond donors (Lipinski definition) is 1. The van der Waals surface area contributed by atoms with Crippen LogP contribution in [-0.2, 0) is 0 Å². The highest BCUT2D eigenvalue weighted by Gasteiger charge is 2.35. The molecule has 0 aromatic heterocycles. The van der Waals surface area contributed by atoms with Crippen LogP contribution in [0.15, 0.2) is 42.5 Å². The van der Waals surface area contributed by atoms with E-state index in [2.05, 4.69) is 5.32 Å². The molecular formula is C17H12ClFN2O3. The highest BCUT2D eigenvalue weighted by molar-refractivity contribution is 6.32. The Morgan fingerprint density at radius 3 is 2.42 bits per heavy atom. The third kappa shape index (κ3) is 3.00. The molecule has 0 atom stereocenters. The molecule has 2 aromatic rings. The van der Waals surface area contributed by atoms with Crippen molar-refractivity contribution in [1.29, 1.82) is 0 Å². The average Bonchev–Trinajstić information content (AvgIpc) is 2.79. The van der Waals surface area contributed by atoms with Gasteiger partial charge in [0.2, 0.25) is 0 Å². The lowest BCUT2D eigenvalue weighted by Crippen LogP contribution is -2.38. The molecule has 5 nitrogen and oxygen atoms in total. The number of nitrogens with zero attached hydrogens (tertiary/aromatic N) is 1. The lowest BCUT2D eigenvalue weighted by atomic mass is 10.1. The fourth-order valence-electron chi connectivity index (χ4n) is 2.45. The van der Waals surface area contributed by atoms with Gasteiger partial charge in [0.1, 0.15) is 5.82 Å². The summed E-state index contributed by atoms with van der Waals surface area (Å²) in [4.78, 5) is 37.4. The van der Waals surface area contributed by atoms with E-state index in [1.54, 1.807) is 6.07 Å². The summed E-state index contributed by atoms with van der Waals surface area (Å²) in [7, 11) is 0. The van der Waals surface area contributed by atoms with Gasteiger partial charge in [-0.05, 0) is 42.5 Å². The molecule has 1 aliphatic heterocycles. The Morgan fingerprint density at radius 2 is 1.71 bits per heavy atom. The Kier molecular flexibility index (Phi) is 4.31. The Hall–Kier alpha value is -2.73. The van der Waals surface area contributed by atoms with Gasteiger partial charge < -0.3 is 5.32 Å². The lowest BCUT2D eigenvalue weighted by Gasteiger charge is -2.14. The SMILES string of the molecule is O=C(NCCN1C(=O)c2ccc(Cl)cc2C1=O)c1ccc(F)cc1. The van der Waals surface area contributed by atoms with Crippen LogP contribution >= 0.6 is 11.6 Å². The van der Waals surface area contributed by atoms with Gasteiger partial charge in [-0.15, -0.1) is 0 Å². The number of nitrogens with one attached hydrogen (secondary N) is 1. The second-order valence-corrected chi connectivity index (χ2v) is 5.65. The zero-order valence-electron chi connectivity index (χ0n) is 12.4. The number of amides is 3. The van der Waals surface area contributed by atoms with E-state index >= 15 is 0 Å². The minimum absolute atomic E-state index is 0.0386. The highest BCUT2D eigenvalue weighted by atomic mass is 35.5. The summed E-state index contributed by atoms with van der Waals surface area (Å²) in [5.41, 5.74) is 0.858. The first-order valence-electron chi connectivity index (χ1n) is 7.17. The number of benzene rings is 2. The molecule has 122 valence electrons. The van der Waals surface area contributed by atoms with Gasteiger partial charge in [0.15, 0.2) is 0 Å². The molecule has 0 unspecified atom stereocenters. The zero-order valence-corrected chi connectivity index (χ0v) is 13.1. The maximum Gasteiger partial charge on any atom is 0.261 e. The lowest BCUT2D eigenvalue weighted by molar-refractivity contribution is 0.0650. The molecule has 1 N–H and O–H groups in total. The molecule has 2 aromatic carbocycles. The van der Waals surface area contributed by atoms with Crippen LogP contribution in [0.25, 0.3) is 0 Å². The van der Waals surface area contributed by atoms with Crippen LogP contribution in [0, 0.1) is 5.82 Å². The number of carbonyl (C=O) groups is 3. The van der Waals surface area contributed by atoms with E-state index in [0.29, 0.717) is 16.1 Å².